The summed E-state index contributed by atoms with van der Waals surface area (Å²) in [6, 6.07) is 1.21. The molecule has 0 aliphatic carbocycles. The SMILES string of the molecule is CN(Cc1ccsc1)C(=O)N(CC(=O)O)CC(=O)O. The molecule has 0 saturated carbocycles. The Hall–Kier alpha value is -2.09. The van der Waals surface area contributed by atoms with Crippen LogP contribution < -0.4 is 0 Å². The van der Waals surface area contributed by atoms with Gasteiger partial charge in [-0.25, -0.2) is 4.79 Å². The van der Waals surface area contributed by atoms with E-state index in [0.717, 1.165) is 10.5 Å². The minimum atomic E-state index is -1.25. The fraction of sp³-hybridized carbons (Fsp3) is 0.364. The number of carbonyl (C=O) groups excluding carboxylic acids is 1. The highest BCUT2D eigenvalue weighted by Crippen LogP contribution is 2.09. The zero-order chi connectivity index (χ0) is 14.4. The molecule has 0 aromatic carbocycles. The zero-order valence-corrected chi connectivity index (χ0v) is 11.1. The van der Waals surface area contributed by atoms with Crippen molar-refractivity contribution in [3.05, 3.63) is 22.4 Å². The molecule has 0 aliphatic heterocycles. The van der Waals surface area contributed by atoms with Crippen molar-refractivity contribution < 1.29 is 24.6 Å². The molecule has 0 aliphatic rings. The van der Waals surface area contributed by atoms with Crippen molar-refractivity contribution in [1.29, 1.82) is 0 Å². The fourth-order valence-corrected chi connectivity index (χ4v) is 2.14. The third kappa shape index (κ3) is 4.96. The molecule has 0 spiro atoms. The third-order valence-corrected chi connectivity index (χ3v) is 2.98. The predicted molar refractivity (Wildman–Crippen MR) is 68.0 cm³/mol. The van der Waals surface area contributed by atoms with Gasteiger partial charge in [0.25, 0.3) is 0 Å². The molecule has 1 rings (SSSR count). The van der Waals surface area contributed by atoms with E-state index in [1.807, 2.05) is 16.8 Å². The van der Waals surface area contributed by atoms with Gasteiger partial charge >= 0.3 is 18.0 Å². The van der Waals surface area contributed by atoms with Crippen molar-refractivity contribution in [2.45, 2.75) is 6.54 Å². The summed E-state index contributed by atoms with van der Waals surface area (Å²) >= 11 is 1.48. The second kappa shape index (κ2) is 6.74. The van der Waals surface area contributed by atoms with Crippen LogP contribution in [0, 0.1) is 0 Å². The fourth-order valence-electron chi connectivity index (χ4n) is 1.48. The molecule has 8 heteroatoms. The van der Waals surface area contributed by atoms with E-state index in [2.05, 4.69) is 0 Å². The van der Waals surface area contributed by atoms with Gasteiger partial charge < -0.3 is 20.0 Å². The first-order chi connectivity index (χ1) is 8.90. The number of aliphatic carboxylic acids is 2. The molecule has 0 fully saturated rings. The maximum absolute atomic E-state index is 12.0. The first kappa shape index (κ1) is 15.0. The van der Waals surface area contributed by atoms with Crippen LogP contribution in [0.4, 0.5) is 4.79 Å². The number of nitrogens with zero attached hydrogens (tertiary/aromatic N) is 2. The lowest BCUT2D eigenvalue weighted by Crippen LogP contribution is -2.45. The Bertz CT molecular complexity index is 444. The van der Waals surface area contributed by atoms with E-state index in [-0.39, 0.29) is 0 Å². The van der Waals surface area contributed by atoms with Crippen molar-refractivity contribution in [3.8, 4) is 0 Å². The molecule has 0 bridgehead atoms. The van der Waals surface area contributed by atoms with Crippen LogP contribution in [0.2, 0.25) is 0 Å². The van der Waals surface area contributed by atoms with E-state index in [1.165, 1.54) is 23.3 Å². The number of carbonyl (C=O) groups is 3. The van der Waals surface area contributed by atoms with Crippen molar-refractivity contribution >= 4 is 29.3 Å². The first-order valence-corrected chi connectivity index (χ1v) is 6.29. The summed E-state index contributed by atoms with van der Waals surface area (Å²) in [6.07, 6.45) is 0. The monoisotopic (exact) mass is 286 g/mol. The molecular weight excluding hydrogens is 272 g/mol. The average Bonchev–Trinajstić information content (AvgIpc) is 2.78. The van der Waals surface area contributed by atoms with Gasteiger partial charge in [-0.3, -0.25) is 9.59 Å². The minimum Gasteiger partial charge on any atom is -0.480 e. The van der Waals surface area contributed by atoms with E-state index >= 15 is 0 Å². The summed E-state index contributed by atoms with van der Waals surface area (Å²) in [5.74, 6) is -2.50. The molecule has 19 heavy (non-hydrogen) atoms. The number of thiophene rings is 1. The van der Waals surface area contributed by atoms with Crippen molar-refractivity contribution in [3.63, 3.8) is 0 Å². The maximum Gasteiger partial charge on any atom is 0.323 e. The summed E-state index contributed by atoms with van der Waals surface area (Å²) in [7, 11) is 1.50. The van der Waals surface area contributed by atoms with Crippen LogP contribution in [0.5, 0.6) is 0 Å². The Labute approximate surface area is 113 Å². The summed E-state index contributed by atoms with van der Waals surface area (Å²) in [4.78, 5) is 35.3. The summed E-state index contributed by atoms with van der Waals surface area (Å²) in [5, 5.41) is 21.1. The van der Waals surface area contributed by atoms with Gasteiger partial charge in [-0.2, -0.15) is 11.3 Å². The van der Waals surface area contributed by atoms with Gasteiger partial charge in [0.1, 0.15) is 13.1 Å². The molecule has 2 N–H and O–H groups in total. The molecule has 1 aromatic rings. The normalized spacial score (nSPS) is 9.95. The largest absolute Gasteiger partial charge is 0.480 e. The van der Waals surface area contributed by atoms with E-state index in [0.29, 0.717) is 6.54 Å². The molecule has 0 saturated heterocycles. The Balaban J connectivity index is 2.68. The van der Waals surface area contributed by atoms with Crippen LogP contribution >= 0.6 is 11.3 Å². The predicted octanol–water partition coefficient (Wildman–Crippen LogP) is 0.771. The van der Waals surface area contributed by atoms with Gasteiger partial charge in [0, 0.05) is 13.6 Å². The smallest absolute Gasteiger partial charge is 0.323 e. The lowest BCUT2D eigenvalue weighted by molar-refractivity contribution is -0.140. The van der Waals surface area contributed by atoms with Gasteiger partial charge in [-0.15, -0.1) is 0 Å². The van der Waals surface area contributed by atoms with Crippen LogP contribution in [0.15, 0.2) is 16.8 Å². The number of amides is 2. The van der Waals surface area contributed by atoms with Crippen molar-refractivity contribution in [2.24, 2.45) is 0 Å². The molecular formula is C11H14N2O5S. The van der Waals surface area contributed by atoms with Gasteiger partial charge in [0.05, 0.1) is 0 Å². The molecule has 104 valence electrons. The number of rotatable bonds is 6. The molecule has 0 unspecified atom stereocenters. The molecule has 2 amide bonds. The van der Waals surface area contributed by atoms with Crippen LogP contribution in [-0.4, -0.2) is 58.1 Å². The second-order valence-electron chi connectivity index (χ2n) is 3.91. The second-order valence-corrected chi connectivity index (χ2v) is 4.69. The van der Waals surface area contributed by atoms with Gasteiger partial charge in [-0.05, 0) is 22.4 Å². The lowest BCUT2D eigenvalue weighted by atomic mass is 10.3. The number of carboxylic acids is 2. The molecule has 1 aromatic heterocycles. The third-order valence-electron chi connectivity index (χ3n) is 2.25. The van der Waals surface area contributed by atoms with Crippen LogP contribution in [0.25, 0.3) is 0 Å². The Kier molecular flexibility index (Phi) is 5.31. The van der Waals surface area contributed by atoms with E-state index in [9.17, 15) is 14.4 Å². The Morgan fingerprint density at radius 2 is 1.79 bits per heavy atom. The summed E-state index contributed by atoms with van der Waals surface area (Å²) < 4.78 is 0. The Morgan fingerprint density at radius 3 is 2.21 bits per heavy atom. The number of carboxylic acid groups (broad SMARTS) is 2. The minimum absolute atomic E-state index is 0.304. The van der Waals surface area contributed by atoms with Gasteiger partial charge in [-0.1, -0.05) is 0 Å². The Morgan fingerprint density at radius 1 is 1.21 bits per heavy atom. The molecule has 0 atom stereocenters. The van der Waals surface area contributed by atoms with E-state index in [1.54, 1.807) is 0 Å². The number of hydrogen-bond donors (Lipinski definition) is 2. The number of urea groups is 1. The van der Waals surface area contributed by atoms with Crippen LogP contribution in [0.1, 0.15) is 5.56 Å². The lowest BCUT2D eigenvalue weighted by Gasteiger charge is -2.25. The molecule has 7 nitrogen and oxygen atoms in total. The van der Waals surface area contributed by atoms with Crippen molar-refractivity contribution in [1.82, 2.24) is 9.80 Å². The topological polar surface area (TPSA) is 98.2 Å². The highest BCUT2D eigenvalue weighted by atomic mass is 32.1. The summed E-state index contributed by atoms with van der Waals surface area (Å²) in [6.45, 7) is -0.976. The van der Waals surface area contributed by atoms with E-state index in [4.69, 9.17) is 10.2 Å². The van der Waals surface area contributed by atoms with Crippen LogP contribution in [-0.2, 0) is 16.1 Å². The van der Waals surface area contributed by atoms with Crippen LogP contribution in [0.3, 0.4) is 0 Å². The van der Waals surface area contributed by atoms with Crippen molar-refractivity contribution in [2.75, 3.05) is 20.1 Å². The average molecular weight is 286 g/mol. The molecule has 1 heterocycles. The standard InChI is InChI=1S/C11H14N2O5S/c1-12(4-8-2-3-19-7-8)11(18)13(5-9(14)15)6-10(16)17/h2-3,7H,4-6H2,1H3,(H,14,15)(H,16,17). The zero-order valence-electron chi connectivity index (χ0n) is 10.3. The quantitative estimate of drug-likeness (QED) is 0.805. The first-order valence-electron chi connectivity index (χ1n) is 5.35. The highest BCUT2D eigenvalue weighted by Gasteiger charge is 2.22. The van der Waals surface area contributed by atoms with Gasteiger partial charge in [0.15, 0.2) is 0 Å². The number of hydrogen-bond acceptors (Lipinski definition) is 4. The maximum atomic E-state index is 12.0. The van der Waals surface area contributed by atoms with Gasteiger partial charge in [0.2, 0.25) is 0 Å². The van der Waals surface area contributed by atoms with E-state index < -0.39 is 31.1 Å². The summed E-state index contributed by atoms with van der Waals surface area (Å²) in [5.41, 5.74) is 0.909. The highest BCUT2D eigenvalue weighted by molar-refractivity contribution is 7.07. The molecule has 0 radical (unpaired) electrons.